The summed E-state index contributed by atoms with van der Waals surface area (Å²) in [6.45, 7) is 7.74. The van der Waals surface area contributed by atoms with Crippen molar-refractivity contribution in [2.45, 2.75) is 44.8 Å². The van der Waals surface area contributed by atoms with Crippen LogP contribution >= 0.6 is 23.2 Å². The second-order valence-electron chi connectivity index (χ2n) is 9.62. The monoisotopic (exact) mass is 526 g/mol. The number of benzene rings is 2. The van der Waals surface area contributed by atoms with Crippen molar-refractivity contribution in [1.29, 1.82) is 0 Å². The number of amides is 1. The predicted octanol–water partition coefficient (Wildman–Crippen LogP) is 5.03. The molecule has 0 saturated carbocycles. The lowest BCUT2D eigenvalue weighted by Crippen LogP contribution is -2.46. The Morgan fingerprint density at radius 3 is 2.47 bits per heavy atom. The first-order valence-corrected chi connectivity index (χ1v) is 13.7. The van der Waals surface area contributed by atoms with Crippen LogP contribution in [0.15, 0.2) is 42.5 Å². The predicted molar refractivity (Wildman–Crippen MR) is 137 cm³/mol. The van der Waals surface area contributed by atoms with Gasteiger partial charge in [-0.2, -0.15) is 0 Å². The quantitative estimate of drug-likeness (QED) is 0.489. The smallest absolute Gasteiger partial charge is 0.224 e. The molecule has 1 heterocycles. The Labute approximate surface area is 212 Å². The number of ether oxygens (including phenoxy) is 1. The Bertz CT molecular complexity index is 1100. The van der Waals surface area contributed by atoms with E-state index in [4.69, 9.17) is 27.9 Å². The Kier molecular flexibility index (Phi) is 8.90. The standard InChI is InChI=1S/C25H32Cl2N2O4S/c1-25(2,3)20-7-9-21(10-8-20)33-14-12-28-24(30)19-5-4-13-29(16-19)34(31,32)17-18-6-11-22(26)23(27)15-18/h6-11,15,19H,4-5,12-14,16-17H2,1-3H3,(H,28,30)/t19-/m0/s1. The van der Waals surface area contributed by atoms with Gasteiger partial charge in [0.15, 0.2) is 0 Å². The average Bonchev–Trinajstić information content (AvgIpc) is 2.78. The molecule has 1 N–H and O–H groups in total. The molecule has 34 heavy (non-hydrogen) atoms. The zero-order valence-electron chi connectivity index (χ0n) is 19.8. The normalized spacial score (nSPS) is 17.4. The van der Waals surface area contributed by atoms with Gasteiger partial charge in [-0.15, -0.1) is 0 Å². The summed E-state index contributed by atoms with van der Waals surface area (Å²) in [5.41, 5.74) is 1.87. The van der Waals surface area contributed by atoms with E-state index in [0.717, 1.165) is 5.75 Å². The van der Waals surface area contributed by atoms with Gasteiger partial charge in [0.25, 0.3) is 0 Å². The lowest BCUT2D eigenvalue weighted by molar-refractivity contribution is -0.126. The van der Waals surface area contributed by atoms with E-state index in [1.807, 2.05) is 24.3 Å². The number of sulfonamides is 1. The Hall–Kier alpha value is -1.80. The highest BCUT2D eigenvalue weighted by atomic mass is 35.5. The Balaban J connectivity index is 1.47. The molecule has 1 atom stereocenters. The Morgan fingerprint density at radius 2 is 1.82 bits per heavy atom. The molecule has 186 valence electrons. The molecule has 2 aromatic rings. The Morgan fingerprint density at radius 1 is 1.12 bits per heavy atom. The molecule has 1 fully saturated rings. The summed E-state index contributed by atoms with van der Waals surface area (Å²) in [4.78, 5) is 12.7. The summed E-state index contributed by atoms with van der Waals surface area (Å²) in [5, 5.41) is 3.57. The molecule has 2 aromatic carbocycles. The fourth-order valence-electron chi connectivity index (χ4n) is 3.88. The van der Waals surface area contributed by atoms with E-state index in [-0.39, 0.29) is 29.5 Å². The molecule has 6 nitrogen and oxygen atoms in total. The summed E-state index contributed by atoms with van der Waals surface area (Å²) in [6, 6.07) is 12.7. The maximum atomic E-state index is 12.9. The summed E-state index contributed by atoms with van der Waals surface area (Å²) in [5.74, 6) is 0.0316. The number of carbonyl (C=O) groups excluding carboxylic acids is 1. The summed E-state index contributed by atoms with van der Waals surface area (Å²) >= 11 is 11.9. The van der Waals surface area contributed by atoms with E-state index in [2.05, 4.69) is 26.1 Å². The number of halogens is 2. The van der Waals surface area contributed by atoms with E-state index < -0.39 is 10.0 Å². The summed E-state index contributed by atoms with van der Waals surface area (Å²) in [7, 11) is -3.58. The van der Waals surface area contributed by atoms with Crippen LogP contribution in [0.1, 0.15) is 44.7 Å². The van der Waals surface area contributed by atoms with Gasteiger partial charge in [0.1, 0.15) is 12.4 Å². The molecular weight excluding hydrogens is 495 g/mol. The average molecular weight is 528 g/mol. The lowest BCUT2D eigenvalue weighted by atomic mass is 9.87. The first kappa shape index (κ1) is 26.8. The van der Waals surface area contributed by atoms with Gasteiger partial charge in [-0.3, -0.25) is 4.79 Å². The molecule has 1 aliphatic rings. The van der Waals surface area contributed by atoms with Gasteiger partial charge in [-0.05, 0) is 53.6 Å². The maximum absolute atomic E-state index is 12.9. The maximum Gasteiger partial charge on any atom is 0.224 e. The number of hydrogen-bond acceptors (Lipinski definition) is 4. The molecule has 0 aliphatic carbocycles. The molecule has 0 unspecified atom stereocenters. The van der Waals surface area contributed by atoms with Crippen molar-refractivity contribution in [3.63, 3.8) is 0 Å². The first-order valence-electron chi connectivity index (χ1n) is 11.4. The van der Waals surface area contributed by atoms with E-state index in [1.165, 1.54) is 9.87 Å². The first-order chi connectivity index (χ1) is 16.0. The highest BCUT2D eigenvalue weighted by Gasteiger charge is 2.32. The van der Waals surface area contributed by atoms with Crippen molar-refractivity contribution in [3.05, 3.63) is 63.6 Å². The van der Waals surface area contributed by atoms with Crippen LogP contribution in [-0.4, -0.2) is 44.9 Å². The van der Waals surface area contributed by atoms with Crippen LogP contribution in [0.5, 0.6) is 5.75 Å². The topological polar surface area (TPSA) is 75.7 Å². The van der Waals surface area contributed by atoms with Crippen LogP contribution in [0.3, 0.4) is 0 Å². The lowest BCUT2D eigenvalue weighted by Gasteiger charge is -2.31. The highest BCUT2D eigenvalue weighted by Crippen LogP contribution is 2.26. The van der Waals surface area contributed by atoms with E-state index in [1.54, 1.807) is 18.2 Å². The number of nitrogens with one attached hydrogen (secondary N) is 1. The molecule has 1 aliphatic heterocycles. The second kappa shape index (κ2) is 11.3. The van der Waals surface area contributed by atoms with Crippen molar-refractivity contribution in [3.8, 4) is 5.75 Å². The molecule has 1 saturated heterocycles. The van der Waals surface area contributed by atoms with Gasteiger partial charge in [0.2, 0.25) is 15.9 Å². The molecule has 0 bridgehead atoms. The van der Waals surface area contributed by atoms with Crippen LogP contribution in [0.25, 0.3) is 0 Å². The zero-order valence-corrected chi connectivity index (χ0v) is 22.1. The van der Waals surface area contributed by atoms with Gasteiger partial charge in [-0.1, -0.05) is 62.2 Å². The van der Waals surface area contributed by atoms with Crippen LogP contribution in [0, 0.1) is 5.92 Å². The molecule has 3 rings (SSSR count). The molecule has 0 radical (unpaired) electrons. The fraction of sp³-hybridized carbons (Fsp3) is 0.480. The molecular formula is C25H32Cl2N2O4S. The molecule has 0 aromatic heterocycles. The fourth-order valence-corrected chi connectivity index (χ4v) is 5.80. The van der Waals surface area contributed by atoms with Gasteiger partial charge in [0.05, 0.1) is 28.3 Å². The van der Waals surface area contributed by atoms with Crippen molar-refractivity contribution >= 4 is 39.1 Å². The number of carbonyl (C=O) groups is 1. The number of nitrogens with zero attached hydrogens (tertiary/aromatic N) is 1. The molecule has 0 spiro atoms. The van der Waals surface area contributed by atoms with E-state index in [9.17, 15) is 13.2 Å². The van der Waals surface area contributed by atoms with Crippen LogP contribution in [0.2, 0.25) is 10.0 Å². The zero-order chi connectivity index (χ0) is 24.9. The third-order valence-electron chi connectivity index (χ3n) is 5.87. The third-order valence-corrected chi connectivity index (χ3v) is 8.43. The van der Waals surface area contributed by atoms with Crippen molar-refractivity contribution in [1.82, 2.24) is 9.62 Å². The van der Waals surface area contributed by atoms with Crippen molar-refractivity contribution in [2.75, 3.05) is 26.2 Å². The van der Waals surface area contributed by atoms with Crippen LogP contribution in [-0.2, 0) is 26.0 Å². The van der Waals surface area contributed by atoms with Crippen LogP contribution in [0.4, 0.5) is 0 Å². The summed E-state index contributed by atoms with van der Waals surface area (Å²) in [6.07, 6.45) is 1.29. The van der Waals surface area contributed by atoms with Crippen molar-refractivity contribution in [2.24, 2.45) is 5.92 Å². The number of piperidine rings is 1. The van der Waals surface area contributed by atoms with Crippen LogP contribution < -0.4 is 10.1 Å². The van der Waals surface area contributed by atoms with Gasteiger partial charge in [0, 0.05) is 13.1 Å². The number of rotatable bonds is 8. The van der Waals surface area contributed by atoms with Gasteiger partial charge >= 0.3 is 0 Å². The van der Waals surface area contributed by atoms with E-state index >= 15 is 0 Å². The van der Waals surface area contributed by atoms with Gasteiger partial charge in [-0.25, -0.2) is 12.7 Å². The minimum absolute atomic E-state index is 0.0791. The second-order valence-corrected chi connectivity index (χ2v) is 12.4. The SMILES string of the molecule is CC(C)(C)c1ccc(OCCNC(=O)[C@H]2CCCN(S(=O)(=O)Cc3ccc(Cl)c(Cl)c3)C2)cc1. The molecule has 1 amide bonds. The third kappa shape index (κ3) is 7.35. The highest BCUT2D eigenvalue weighted by molar-refractivity contribution is 7.88. The number of hydrogen-bond donors (Lipinski definition) is 1. The van der Waals surface area contributed by atoms with E-state index in [0.29, 0.717) is 48.1 Å². The minimum Gasteiger partial charge on any atom is -0.492 e. The van der Waals surface area contributed by atoms with Gasteiger partial charge < -0.3 is 10.1 Å². The van der Waals surface area contributed by atoms with Crippen molar-refractivity contribution < 1.29 is 17.9 Å². The summed E-state index contributed by atoms with van der Waals surface area (Å²) < 4.78 is 33.0. The largest absolute Gasteiger partial charge is 0.492 e. The molecule has 9 heteroatoms. The minimum atomic E-state index is -3.58.